The zero-order chi connectivity index (χ0) is 23.6. The van der Waals surface area contributed by atoms with Crippen LogP contribution in [0.1, 0.15) is 21.7 Å². The van der Waals surface area contributed by atoms with Gasteiger partial charge in [0.2, 0.25) is 0 Å². The number of hydrogen-bond acceptors (Lipinski definition) is 6. The van der Waals surface area contributed by atoms with Gasteiger partial charge in [0.05, 0.1) is 4.90 Å². The highest BCUT2D eigenvalue weighted by atomic mass is 32.2. The molecule has 2 N–H and O–H groups in total. The van der Waals surface area contributed by atoms with Crippen molar-refractivity contribution in [2.75, 3.05) is 10.0 Å². The molecule has 168 valence electrons. The first-order chi connectivity index (χ1) is 15.7. The van der Waals surface area contributed by atoms with E-state index in [0.717, 1.165) is 5.56 Å². The Morgan fingerprint density at radius 3 is 2.39 bits per heavy atom. The van der Waals surface area contributed by atoms with Crippen LogP contribution < -0.4 is 10.0 Å². The van der Waals surface area contributed by atoms with Gasteiger partial charge in [-0.05, 0) is 72.8 Å². The van der Waals surface area contributed by atoms with Gasteiger partial charge in [0.15, 0.2) is 5.82 Å². The number of hydrogen-bond donors (Lipinski definition) is 2. The van der Waals surface area contributed by atoms with Crippen LogP contribution in [0.4, 0.5) is 15.8 Å². The average Bonchev–Trinajstić information content (AvgIpc) is 3.22. The summed E-state index contributed by atoms with van der Waals surface area (Å²) in [6.07, 6.45) is 0. The molecule has 9 nitrogen and oxygen atoms in total. The SMILES string of the molecule is Cc1ccc(NS(=O)(=O)c2cccc(C(=O)Nc3ccc(F)c(-n4nnnc4C)c3)c2)cc1. The minimum absolute atomic E-state index is 0.0638. The molecule has 0 fully saturated rings. The Morgan fingerprint density at radius 1 is 0.970 bits per heavy atom. The van der Waals surface area contributed by atoms with Crippen molar-refractivity contribution in [3.63, 3.8) is 0 Å². The number of amides is 1. The summed E-state index contributed by atoms with van der Waals surface area (Å²) in [5, 5.41) is 13.6. The Morgan fingerprint density at radius 2 is 1.70 bits per heavy atom. The molecule has 0 unspecified atom stereocenters. The van der Waals surface area contributed by atoms with Crippen LogP contribution in [0, 0.1) is 19.7 Å². The average molecular weight is 466 g/mol. The van der Waals surface area contributed by atoms with Crippen molar-refractivity contribution < 1.29 is 17.6 Å². The summed E-state index contributed by atoms with van der Waals surface area (Å²) in [5.74, 6) is -0.761. The van der Waals surface area contributed by atoms with Crippen LogP contribution in [-0.4, -0.2) is 34.5 Å². The highest BCUT2D eigenvalue weighted by Gasteiger charge is 2.17. The third-order valence-electron chi connectivity index (χ3n) is 4.77. The van der Waals surface area contributed by atoms with E-state index in [1.54, 1.807) is 31.2 Å². The lowest BCUT2D eigenvalue weighted by molar-refractivity contribution is 0.102. The number of sulfonamides is 1. The number of halogens is 1. The zero-order valence-corrected chi connectivity index (χ0v) is 18.5. The number of aromatic nitrogens is 4. The first kappa shape index (κ1) is 22.1. The molecule has 33 heavy (non-hydrogen) atoms. The van der Waals surface area contributed by atoms with Gasteiger partial charge in [-0.25, -0.2) is 12.8 Å². The fourth-order valence-corrected chi connectivity index (χ4v) is 4.15. The molecule has 1 heterocycles. The van der Waals surface area contributed by atoms with Crippen LogP contribution in [0.5, 0.6) is 0 Å². The van der Waals surface area contributed by atoms with Gasteiger partial charge in [-0.2, -0.15) is 4.68 Å². The standard InChI is InChI=1S/C22H19FN6O3S/c1-14-6-8-17(9-7-14)26-33(31,32)19-5-3-4-16(12-19)22(30)24-18-10-11-20(23)21(13-18)29-15(2)25-27-28-29/h3-13,26H,1-2H3,(H,24,30). The Bertz CT molecular complexity index is 1430. The van der Waals surface area contributed by atoms with Gasteiger partial charge in [-0.3, -0.25) is 9.52 Å². The fourth-order valence-electron chi connectivity index (χ4n) is 3.05. The highest BCUT2D eigenvalue weighted by molar-refractivity contribution is 7.92. The molecule has 4 rings (SSSR count). The van der Waals surface area contributed by atoms with E-state index < -0.39 is 21.7 Å². The zero-order valence-electron chi connectivity index (χ0n) is 17.7. The Kier molecular flexibility index (Phi) is 5.88. The quantitative estimate of drug-likeness (QED) is 0.449. The monoisotopic (exact) mass is 466 g/mol. The van der Waals surface area contributed by atoms with E-state index in [2.05, 4.69) is 25.6 Å². The van der Waals surface area contributed by atoms with Crippen molar-refractivity contribution in [2.24, 2.45) is 0 Å². The summed E-state index contributed by atoms with van der Waals surface area (Å²) in [6, 6.07) is 16.4. The number of benzene rings is 3. The molecule has 0 spiro atoms. The predicted molar refractivity (Wildman–Crippen MR) is 120 cm³/mol. The molecule has 1 amide bonds. The number of nitrogens with one attached hydrogen (secondary N) is 2. The largest absolute Gasteiger partial charge is 0.322 e. The second kappa shape index (κ2) is 8.79. The number of tetrazole rings is 1. The minimum Gasteiger partial charge on any atom is -0.322 e. The number of rotatable bonds is 6. The molecule has 0 saturated heterocycles. The predicted octanol–water partition coefficient (Wildman–Crippen LogP) is 3.47. The maximum absolute atomic E-state index is 14.3. The molecule has 11 heteroatoms. The molecule has 0 aliphatic rings. The topological polar surface area (TPSA) is 119 Å². The van der Waals surface area contributed by atoms with E-state index in [4.69, 9.17) is 0 Å². The van der Waals surface area contributed by atoms with Gasteiger partial charge < -0.3 is 5.32 Å². The summed E-state index contributed by atoms with van der Waals surface area (Å²) < 4.78 is 43.5. The van der Waals surface area contributed by atoms with Crippen molar-refractivity contribution in [2.45, 2.75) is 18.7 Å². The molecule has 0 bridgehead atoms. The van der Waals surface area contributed by atoms with E-state index in [1.807, 2.05) is 6.92 Å². The molecule has 0 radical (unpaired) electrons. The third-order valence-corrected chi connectivity index (χ3v) is 6.15. The molecule has 4 aromatic rings. The van der Waals surface area contributed by atoms with Crippen LogP contribution in [-0.2, 0) is 10.0 Å². The molecule has 3 aromatic carbocycles. The van der Waals surface area contributed by atoms with Crippen LogP contribution in [0.15, 0.2) is 71.6 Å². The summed E-state index contributed by atoms with van der Waals surface area (Å²) in [4.78, 5) is 12.7. The highest BCUT2D eigenvalue weighted by Crippen LogP contribution is 2.21. The molecule has 1 aromatic heterocycles. The maximum atomic E-state index is 14.3. The van der Waals surface area contributed by atoms with Crippen molar-refractivity contribution in [1.29, 1.82) is 0 Å². The smallest absolute Gasteiger partial charge is 0.261 e. The lowest BCUT2D eigenvalue weighted by atomic mass is 10.2. The van der Waals surface area contributed by atoms with E-state index in [-0.39, 0.29) is 21.8 Å². The summed E-state index contributed by atoms with van der Waals surface area (Å²) in [6.45, 7) is 3.51. The summed E-state index contributed by atoms with van der Waals surface area (Å²) in [7, 11) is -3.91. The number of carbonyl (C=O) groups is 1. The minimum atomic E-state index is -3.91. The van der Waals surface area contributed by atoms with Crippen LogP contribution in [0.25, 0.3) is 5.69 Å². The van der Waals surface area contributed by atoms with Crippen LogP contribution >= 0.6 is 0 Å². The maximum Gasteiger partial charge on any atom is 0.261 e. The molecule has 0 atom stereocenters. The lowest BCUT2D eigenvalue weighted by Gasteiger charge is -2.11. The van der Waals surface area contributed by atoms with E-state index >= 15 is 0 Å². The van der Waals surface area contributed by atoms with Gasteiger partial charge in [-0.1, -0.05) is 23.8 Å². The fraction of sp³-hybridized carbons (Fsp3) is 0.0909. The van der Waals surface area contributed by atoms with Crippen molar-refractivity contribution >= 4 is 27.3 Å². The number of aryl methyl sites for hydroxylation is 2. The van der Waals surface area contributed by atoms with Crippen molar-refractivity contribution in [1.82, 2.24) is 20.2 Å². The Balaban J connectivity index is 1.56. The van der Waals surface area contributed by atoms with Gasteiger partial charge >= 0.3 is 0 Å². The molecular weight excluding hydrogens is 447 g/mol. The van der Waals surface area contributed by atoms with Crippen LogP contribution in [0.3, 0.4) is 0 Å². The first-order valence-electron chi connectivity index (χ1n) is 9.79. The van der Waals surface area contributed by atoms with E-state index in [9.17, 15) is 17.6 Å². The van der Waals surface area contributed by atoms with E-state index in [0.29, 0.717) is 11.5 Å². The van der Waals surface area contributed by atoms with E-state index in [1.165, 1.54) is 47.1 Å². The van der Waals surface area contributed by atoms with Crippen molar-refractivity contribution in [3.05, 3.63) is 89.5 Å². The second-order valence-corrected chi connectivity index (χ2v) is 8.94. The van der Waals surface area contributed by atoms with Gasteiger partial charge in [0, 0.05) is 16.9 Å². The number of anilines is 2. The summed E-state index contributed by atoms with van der Waals surface area (Å²) in [5.41, 5.74) is 1.88. The Hall–Kier alpha value is -4.12. The molecule has 0 saturated carbocycles. The third kappa shape index (κ3) is 4.88. The van der Waals surface area contributed by atoms with Gasteiger partial charge in [0.25, 0.3) is 15.9 Å². The Labute approximate surface area is 189 Å². The lowest BCUT2D eigenvalue weighted by Crippen LogP contribution is -2.16. The number of nitrogens with zero attached hydrogens (tertiary/aromatic N) is 4. The number of carbonyl (C=O) groups excluding carboxylic acids is 1. The summed E-state index contributed by atoms with van der Waals surface area (Å²) >= 11 is 0. The van der Waals surface area contributed by atoms with Crippen LogP contribution in [0.2, 0.25) is 0 Å². The first-order valence-corrected chi connectivity index (χ1v) is 11.3. The molecular formula is C22H19FN6O3S. The molecule has 0 aliphatic carbocycles. The van der Waals surface area contributed by atoms with Crippen molar-refractivity contribution in [3.8, 4) is 5.69 Å². The second-order valence-electron chi connectivity index (χ2n) is 7.26. The molecule has 0 aliphatic heterocycles. The van der Waals surface area contributed by atoms with Gasteiger partial charge in [0.1, 0.15) is 11.5 Å². The van der Waals surface area contributed by atoms with Gasteiger partial charge in [-0.15, -0.1) is 5.10 Å². The normalized spacial score (nSPS) is 11.2.